The van der Waals surface area contributed by atoms with Crippen LogP contribution in [0.2, 0.25) is 0 Å². The molecule has 0 aliphatic heterocycles. The number of benzene rings is 1. The van der Waals surface area contributed by atoms with E-state index in [1.807, 2.05) is 0 Å². The average molecular weight is 296 g/mol. The summed E-state index contributed by atoms with van der Waals surface area (Å²) in [4.78, 5) is 4.73. The van der Waals surface area contributed by atoms with Gasteiger partial charge in [-0.15, -0.1) is 0 Å². The first-order valence-corrected chi connectivity index (χ1v) is 6.85. The molecule has 1 atom stereocenters. The molecule has 0 aliphatic rings. The van der Waals surface area contributed by atoms with Crippen LogP contribution < -0.4 is 5.32 Å². The molecule has 0 fully saturated rings. The SMILES string of the molecule is CCNC(C)c1nc2cc(Br)ccc2n1CC. The lowest BCUT2D eigenvalue weighted by Gasteiger charge is -2.13. The van der Waals surface area contributed by atoms with Crippen molar-refractivity contribution in [3.05, 3.63) is 28.5 Å². The second-order valence-electron chi connectivity index (χ2n) is 4.13. The Labute approximate surface area is 110 Å². The number of hydrogen-bond acceptors (Lipinski definition) is 2. The van der Waals surface area contributed by atoms with E-state index in [9.17, 15) is 0 Å². The van der Waals surface area contributed by atoms with E-state index in [4.69, 9.17) is 4.98 Å². The predicted octanol–water partition coefficient (Wildman–Crippen LogP) is 3.49. The first-order chi connectivity index (χ1) is 8.17. The van der Waals surface area contributed by atoms with Crippen molar-refractivity contribution < 1.29 is 0 Å². The molecule has 0 saturated carbocycles. The van der Waals surface area contributed by atoms with Gasteiger partial charge in [-0.05, 0) is 38.6 Å². The molecule has 0 saturated heterocycles. The Balaban J connectivity index is 2.55. The summed E-state index contributed by atoms with van der Waals surface area (Å²) in [6.07, 6.45) is 0. The maximum atomic E-state index is 4.73. The van der Waals surface area contributed by atoms with Crippen LogP contribution in [0.1, 0.15) is 32.6 Å². The number of halogens is 1. The minimum Gasteiger partial charge on any atom is -0.327 e. The van der Waals surface area contributed by atoms with Crippen LogP contribution >= 0.6 is 15.9 Å². The molecule has 4 heteroatoms. The number of imidazole rings is 1. The molecule has 2 rings (SSSR count). The zero-order valence-electron chi connectivity index (χ0n) is 10.5. The Hall–Kier alpha value is -0.870. The standard InChI is InChI=1S/C13H18BrN3/c1-4-15-9(3)13-16-11-8-10(14)6-7-12(11)17(13)5-2/h6-9,15H,4-5H2,1-3H3. The molecule has 0 spiro atoms. The minimum absolute atomic E-state index is 0.283. The van der Waals surface area contributed by atoms with Gasteiger partial charge in [0.15, 0.2) is 0 Å². The van der Waals surface area contributed by atoms with Gasteiger partial charge in [-0.25, -0.2) is 4.98 Å². The summed E-state index contributed by atoms with van der Waals surface area (Å²) in [5.41, 5.74) is 2.26. The van der Waals surface area contributed by atoms with Crippen molar-refractivity contribution in [3.63, 3.8) is 0 Å². The van der Waals surface area contributed by atoms with E-state index in [-0.39, 0.29) is 6.04 Å². The predicted molar refractivity (Wildman–Crippen MR) is 75.2 cm³/mol. The van der Waals surface area contributed by atoms with Crippen molar-refractivity contribution in [2.24, 2.45) is 0 Å². The summed E-state index contributed by atoms with van der Waals surface area (Å²) in [5.74, 6) is 1.11. The normalized spacial score (nSPS) is 13.2. The summed E-state index contributed by atoms with van der Waals surface area (Å²) >= 11 is 3.49. The van der Waals surface area contributed by atoms with E-state index in [2.05, 4.69) is 64.8 Å². The molecular formula is C13H18BrN3. The Morgan fingerprint density at radius 3 is 2.82 bits per heavy atom. The lowest BCUT2D eigenvalue weighted by atomic mass is 10.3. The molecule has 17 heavy (non-hydrogen) atoms. The molecule has 0 radical (unpaired) electrons. The van der Waals surface area contributed by atoms with Crippen LogP contribution in [-0.4, -0.2) is 16.1 Å². The fourth-order valence-corrected chi connectivity index (χ4v) is 2.53. The van der Waals surface area contributed by atoms with E-state index in [1.54, 1.807) is 0 Å². The van der Waals surface area contributed by atoms with Crippen molar-refractivity contribution in [1.29, 1.82) is 0 Å². The zero-order chi connectivity index (χ0) is 12.4. The van der Waals surface area contributed by atoms with E-state index >= 15 is 0 Å². The summed E-state index contributed by atoms with van der Waals surface area (Å²) in [6.45, 7) is 8.34. The summed E-state index contributed by atoms with van der Waals surface area (Å²) in [7, 11) is 0. The highest BCUT2D eigenvalue weighted by Gasteiger charge is 2.14. The summed E-state index contributed by atoms with van der Waals surface area (Å²) in [5, 5.41) is 3.42. The molecule has 1 unspecified atom stereocenters. The molecule has 1 aromatic heterocycles. The van der Waals surface area contributed by atoms with Gasteiger partial charge in [-0.2, -0.15) is 0 Å². The Morgan fingerprint density at radius 1 is 1.41 bits per heavy atom. The van der Waals surface area contributed by atoms with Crippen LogP contribution in [0, 0.1) is 0 Å². The van der Waals surface area contributed by atoms with Gasteiger partial charge in [0.05, 0.1) is 17.1 Å². The minimum atomic E-state index is 0.283. The highest BCUT2D eigenvalue weighted by Crippen LogP contribution is 2.23. The van der Waals surface area contributed by atoms with Crippen molar-refractivity contribution in [2.75, 3.05) is 6.54 Å². The molecule has 2 aromatic rings. The lowest BCUT2D eigenvalue weighted by molar-refractivity contribution is 0.538. The highest BCUT2D eigenvalue weighted by atomic mass is 79.9. The van der Waals surface area contributed by atoms with Gasteiger partial charge in [-0.1, -0.05) is 22.9 Å². The monoisotopic (exact) mass is 295 g/mol. The van der Waals surface area contributed by atoms with Gasteiger partial charge in [0.2, 0.25) is 0 Å². The van der Waals surface area contributed by atoms with E-state index in [0.717, 1.165) is 28.9 Å². The van der Waals surface area contributed by atoms with E-state index in [1.165, 1.54) is 5.52 Å². The summed E-state index contributed by atoms with van der Waals surface area (Å²) < 4.78 is 3.35. The van der Waals surface area contributed by atoms with E-state index in [0.29, 0.717) is 0 Å². The maximum absolute atomic E-state index is 4.73. The Kier molecular flexibility index (Phi) is 3.84. The molecule has 3 nitrogen and oxygen atoms in total. The smallest absolute Gasteiger partial charge is 0.126 e. The van der Waals surface area contributed by atoms with Crippen molar-refractivity contribution >= 4 is 27.0 Å². The zero-order valence-corrected chi connectivity index (χ0v) is 12.1. The molecule has 0 amide bonds. The fourth-order valence-electron chi connectivity index (χ4n) is 2.18. The van der Waals surface area contributed by atoms with Gasteiger partial charge in [0, 0.05) is 11.0 Å². The molecule has 0 bridgehead atoms. The lowest BCUT2D eigenvalue weighted by Crippen LogP contribution is -2.21. The molecular weight excluding hydrogens is 278 g/mol. The van der Waals surface area contributed by atoms with Gasteiger partial charge in [0.1, 0.15) is 5.82 Å². The van der Waals surface area contributed by atoms with Crippen LogP contribution in [0.5, 0.6) is 0 Å². The molecule has 92 valence electrons. The number of aryl methyl sites for hydroxylation is 1. The van der Waals surface area contributed by atoms with Crippen molar-refractivity contribution in [1.82, 2.24) is 14.9 Å². The first kappa shape index (κ1) is 12.6. The van der Waals surface area contributed by atoms with Gasteiger partial charge < -0.3 is 9.88 Å². The Bertz CT molecular complexity index is 519. The number of aromatic nitrogens is 2. The van der Waals surface area contributed by atoms with Crippen LogP contribution in [0.3, 0.4) is 0 Å². The number of hydrogen-bond donors (Lipinski definition) is 1. The van der Waals surface area contributed by atoms with Crippen molar-refractivity contribution in [2.45, 2.75) is 33.4 Å². The van der Waals surface area contributed by atoms with Gasteiger partial charge >= 0.3 is 0 Å². The van der Waals surface area contributed by atoms with Crippen LogP contribution in [0.15, 0.2) is 22.7 Å². The second kappa shape index (κ2) is 5.19. The van der Waals surface area contributed by atoms with Crippen LogP contribution in [-0.2, 0) is 6.54 Å². The average Bonchev–Trinajstić information content (AvgIpc) is 2.66. The quantitative estimate of drug-likeness (QED) is 0.936. The van der Waals surface area contributed by atoms with Gasteiger partial charge in [0.25, 0.3) is 0 Å². The fraction of sp³-hybridized carbons (Fsp3) is 0.462. The number of fused-ring (bicyclic) bond motifs is 1. The number of nitrogens with one attached hydrogen (secondary N) is 1. The third-order valence-corrected chi connectivity index (χ3v) is 3.45. The Morgan fingerprint density at radius 2 is 2.18 bits per heavy atom. The summed E-state index contributed by atoms with van der Waals surface area (Å²) in [6, 6.07) is 6.55. The highest BCUT2D eigenvalue weighted by molar-refractivity contribution is 9.10. The van der Waals surface area contributed by atoms with Crippen LogP contribution in [0.4, 0.5) is 0 Å². The number of nitrogens with zero attached hydrogens (tertiary/aromatic N) is 2. The van der Waals surface area contributed by atoms with E-state index < -0.39 is 0 Å². The van der Waals surface area contributed by atoms with Gasteiger partial charge in [-0.3, -0.25) is 0 Å². The first-order valence-electron chi connectivity index (χ1n) is 6.06. The molecule has 1 aromatic carbocycles. The molecule has 0 aliphatic carbocycles. The number of rotatable bonds is 4. The molecule has 1 heterocycles. The largest absolute Gasteiger partial charge is 0.327 e. The second-order valence-corrected chi connectivity index (χ2v) is 5.04. The maximum Gasteiger partial charge on any atom is 0.126 e. The third-order valence-electron chi connectivity index (χ3n) is 2.95. The van der Waals surface area contributed by atoms with Crippen LogP contribution in [0.25, 0.3) is 11.0 Å². The van der Waals surface area contributed by atoms with Crippen molar-refractivity contribution in [3.8, 4) is 0 Å². The molecule has 1 N–H and O–H groups in total. The third kappa shape index (κ3) is 2.38. The topological polar surface area (TPSA) is 29.9 Å².